The van der Waals surface area contributed by atoms with Crippen molar-refractivity contribution in [2.24, 2.45) is 0 Å². The molecule has 2 rings (SSSR count). The van der Waals surface area contributed by atoms with E-state index in [9.17, 15) is 8.42 Å². The van der Waals surface area contributed by atoms with E-state index in [-0.39, 0.29) is 5.75 Å². The van der Waals surface area contributed by atoms with Gasteiger partial charge in [-0.05, 0) is 29.6 Å². The lowest BCUT2D eigenvalue weighted by Crippen LogP contribution is -2.12. The number of nitrogens with zero attached hydrogens (tertiary/aromatic N) is 1. The molecule has 0 bridgehead atoms. The van der Waals surface area contributed by atoms with Crippen LogP contribution in [0.15, 0.2) is 30.5 Å². The average molecular weight is 280 g/mol. The number of rotatable bonds is 6. The van der Waals surface area contributed by atoms with Gasteiger partial charge in [-0.1, -0.05) is 19.1 Å². The molecule has 0 amide bonds. The van der Waals surface area contributed by atoms with Crippen LogP contribution in [0.25, 0.3) is 10.9 Å². The Bertz CT molecular complexity index is 659. The molecule has 0 fully saturated rings. The maximum atomic E-state index is 11.2. The first-order chi connectivity index (χ1) is 8.99. The third-order valence-electron chi connectivity index (χ3n) is 3.12. The highest BCUT2D eigenvalue weighted by molar-refractivity contribution is 7.90. The second-order valence-corrected chi connectivity index (χ2v) is 7.07. The molecule has 2 aromatic rings. The first-order valence-corrected chi connectivity index (χ1v) is 8.52. The van der Waals surface area contributed by atoms with Gasteiger partial charge in [0.15, 0.2) is 0 Å². The van der Waals surface area contributed by atoms with Crippen molar-refractivity contribution in [2.75, 3.05) is 18.6 Å². The Kier molecular flexibility index (Phi) is 4.27. The highest BCUT2D eigenvalue weighted by Gasteiger charge is 2.06. The number of benzene rings is 1. The molecule has 0 saturated carbocycles. The highest BCUT2D eigenvalue weighted by Crippen LogP contribution is 2.18. The zero-order valence-electron chi connectivity index (χ0n) is 11.4. The smallest absolute Gasteiger partial charge is 0.149 e. The van der Waals surface area contributed by atoms with Crippen LogP contribution in [0.2, 0.25) is 0 Å². The summed E-state index contributed by atoms with van der Waals surface area (Å²) in [5.74, 6) is 0.175. The minimum absolute atomic E-state index is 0.175. The molecule has 1 heterocycles. The minimum Gasteiger partial charge on any atom is -0.346 e. The van der Waals surface area contributed by atoms with Gasteiger partial charge in [-0.2, -0.15) is 0 Å². The van der Waals surface area contributed by atoms with Gasteiger partial charge >= 0.3 is 0 Å². The van der Waals surface area contributed by atoms with E-state index < -0.39 is 9.84 Å². The van der Waals surface area contributed by atoms with Crippen LogP contribution in [0.5, 0.6) is 0 Å². The zero-order chi connectivity index (χ0) is 13.9. The van der Waals surface area contributed by atoms with Gasteiger partial charge in [-0.3, -0.25) is 0 Å². The molecule has 0 aliphatic carbocycles. The molecule has 1 aromatic carbocycles. The highest BCUT2D eigenvalue weighted by atomic mass is 32.2. The summed E-state index contributed by atoms with van der Waals surface area (Å²) in [6.07, 6.45) is 3.22. The fourth-order valence-electron chi connectivity index (χ4n) is 2.07. The van der Waals surface area contributed by atoms with Gasteiger partial charge in [0.25, 0.3) is 0 Å². The maximum Gasteiger partial charge on any atom is 0.149 e. The van der Waals surface area contributed by atoms with E-state index in [1.165, 1.54) is 11.8 Å². The van der Waals surface area contributed by atoms with E-state index in [1.54, 1.807) is 0 Å². The fraction of sp³-hybridized carbons (Fsp3) is 0.429. The Balaban J connectivity index is 2.24. The Morgan fingerprint density at radius 1 is 1.26 bits per heavy atom. The molecule has 1 aromatic heterocycles. The SMILES string of the molecule is CCNCc1ccc2ccn(CCS(C)(=O)=O)c2c1. The molecule has 1 N–H and O–H groups in total. The molecular weight excluding hydrogens is 260 g/mol. The topological polar surface area (TPSA) is 51.1 Å². The molecule has 0 spiro atoms. The number of hydrogen-bond donors (Lipinski definition) is 1. The summed E-state index contributed by atoms with van der Waals surface area (Å²) in [5.41, 5.74) is 2.31. The molecule has 5 heteroatoms. The van der Waals surface area contributed by atoms with Crippen LogP contribution in [0.1, 0.15) is 12.5 Å². The van der Waals surface area contributed by atoms with E-state index in [0.717, 1.165) is 24.0 Å². The van der Waals surface area contributed by atoms with Gasteiger partial charge < -0.3 is 9.88 Å². The number of fused-ring (bicyclic) bond motifs is 1. The number of aromatic nitrogens is 1. The molecule has 104 valence electrons. The molecule has 0 aliphatic rings. The molecule has 0 radical (unpaired) electrons. The Hall–Kier alpha value is -1.33. The Labute approximate surface area is 114 Å². The Morgan fingerprint density at radius 3 is 2.74 bits per heavy atom. The van der Waals surface area contributed by atoms with Crippen molar-refractivity contribution in [3.05, 3.63) is 36.0 Å². The predicted molar refractivity (Wildman–Crippen MR) is 79.0 cm³/mol. The quantitative estimate of drug-likeness (QED) is 0.878. The van der Waals surface area contributed by atoms with Crippen molar-refractivity contribution in [2.45, 2.75) is 20.0 Å². The summed E-state index contributed by atoms with van der Waals surface area (Å²) < 4.78 is 24.5. The lowest BCUT2D eigenvalue weighted by molar-refractivity contribution is 0.596. The molecule has 0 unspecified atom stereocenters. The molecule has 0 aliphatic heterocycles. The normalized spacial score (nSPS) is 12.1. The van der Waals surface area contributed by atoms with E-state index in [2.05, 4.69) is 30.4 Å². The third kappa shape index (κ3) is 3.81. The lowest BCUT2D eigenvalue weighted by atomic mass is 10.1. The molecule has 0 saturated heterocycles. The maximum absolute atomic E-state index is 11.2. The van der Waals surface area contributed by atoms with Crippen LogP contribution in [-0.2, 0) is 22.9 Å². The van der Waals surface area contributed by atoms with Crippen LogP contribution < -0.4 is 5.32 Å². The summed E-state index contributed by atoms with van der Waals surface area (Å²) in [5, 5.41) is 4.44. The van der Waals surface area contributed by atoms with Crippen LogP contribution in [0, 0.1) is 0 Å². The van der Waals surface area contributed by atoms with Crippen LogP contribution in [0.3, 0.4) is 0 Å². The lowest BCUT2D eigenvalue weighted by Gasteiger charge is -2.07. The van der Waals surface area contributed by atoms with Crippen molar-refractivity contribution in [3.63, 3.8) is 0 Å². The number of sulfone groups is 1. The number of aryl methyl sites for hydroxylation is 1. The number of nitrogens with one attached hydrogen (secondary N) is 1. The standard InChI is InChI=1S/C14H20N2O2S/c1-3-15-11-12-4-5-13-6-7-16(14(13)10-12)8-9-19(2,17)18/h4-7,10,15H,3,8-9,11H2,1-2H3. The van der Waals surface area contributed by atoms with Crippen molar-refractivity contribution in [3.8, 4) is 0 Å². The predicted octanol–water partition coefficient (Wildman–Crippen LogP) is 1.80. The molecule has 0 atom stereocenters. The zero-order valence-corrected chi connectivity index (χ0v) is 12.2. The van der Waals surface area contributed by atoms with Gasteiger partial charge in [0.2, 0.25) is 0 Å². The van der Waals surface area contributed by atoms with Gasteiger partial charge in [-0.25, -0.2) is 8.42 Å². The fourth-order valence-corrected chi connectivity index (χ4v) is 2.60. The molecule has 4 nitrogen and oxygen atoms in total. The van der Waals surface area contributed by atoms with Crippen molar-refractivity contribution >= 4 is 20.7 Å². The summed E-state index contributed by atoms with van der Waals surface area (Å²) in [6, 6.07) is 8.33. The molecular formula is C14H20N2O2S. The second-order valence-electron chi connectivity index (χ2n) is 4.81. The van der Waals surface area contributed by atoms with E-state index >= 15 is 0 Å². The third-order valence-corrected chi connectivity index (χ3v) is 4.04. The van der Waals surface area contributed by atoms with Gasteiger partial charge in [0.1, 0.15) is 9.84 Å². The van der Waals surface area contributed by atoms with Gasteiger partial charge in [-0.15, -0.1) is 0 Å². The summed E-state index contributed by atoms with van der Waals surface area (Å²) in [6.45, 7) is 4.36. The Morgan fingerprint density at radius 2 is 2.05 bits per heavy atom. The summed E-state index contributed by atoms with van der Waals surface area (Å²) >= 11 is 0. The van der Waals surface area contributed by atoms with Crippen LogP contribution >= 0.6 is 0 Å². The second kappa shape index (κ2) is 5.75. The van der Waals surface area contributed by atoms with Crippen LogP contribution in [0.4, 0.5) is 0 Å². The van der Waals surface area contributed by atoms with Crippen molar-refractivity contribution in [1.82, 2.24) is 9.88 Å². The molecule has 19 heavy (non-hydrogen) atoms. The van der Waals surface area contributed by atoms with E-state index in [4.69, 9.17) is 0 Å². The van der Waals surface area contributed by atoms with Crippen LogP contribution in [-0.4, -0.2) is 31.5 Å². The first kappa shape index (κ1) is 14.1. The largest absolute Gasteiger partial charge is 0.346 e. The van der Waals surface area contributed by atoms with Crippen molar-refractivity contribution < 1.29 is 8.42 Å². The average Bonchev–Trinajstić information content (AvgIpc) is 2.75. The van der Waals surface area contributed by atoms with Gasteiger partial charge in [0, 0.05) is 31.1 Å². The monoisotopic (exact) mass is 280 g/mol. The van der Waals surface area contributed by atoms with Gasteiger partial charge in [0.05, 0.1) is 5.75 Å². The van der Waals surface area contributed by atoms with E-state index in [1.807, 2.05) is 16.8 Å². The summed E-state index contributed by atoms with van der Waals surface area (Å²) in [4.78, 5) is 0. The van der Waals surface area contributed by atoms with E-state index in [0.29, 0.717) is 6.54 Å². The first-order valence-electron chi connectivity index (χ1n) is 6.46. The van der Waals surface area contributed by atoms with Crippen molar-refractivity contribution in [1.29, 1.82) is 0 Å². The summed E-state index contributed by atoms with van der Waals surface area (Å²) in [7, 11) is -2.93. The minimum atomic E-state index is -2.93. The number of hydrogen-bond acceptors (Lipinski definition) is 3.